The van der Waals surface area contributed by atoms with Crippen LogP contribution < -0.4 is 16.4 Å². The number of hydrogen-bond donors (Lipinski definition) is 3. The van der Waals surface area contributed by atoms with Crippen LogP contribution in [0.5, 0.6) is 0 Å². The van der Waals surface area contributed by atoms with E-state index in [1.807, 2.05) is 48.9 Å². The number of rotatable bonds is 8. The molecule has 1 aromatic carbocycles. The lowest BCUT2D eigenvalue weighted by Gasteiger charge is -2.15. The van der Waals surface area contributed by atoms with Gasteiger partial charge in [0.1, 0.15) is 0 Å². The third kappa shape index (κ3) is 8.43. The zero-order chi connectivity index (χ0) is 18.2. The summed E-state index contributed by atoms with van der Waals surface area (Å²) < 4.78 is 1.98. The topological polar surface area (TPSA) is 102 Å². The summed E-state index contributed by atoms with van der Waals surface area (Å²) in [5.74, 6) is -0.530. The number of imidazole rings is 1. The first-order valence-electron chi connectivity index (χ1n) is 8.29. The Morgan fingerprint density at radius 2 is 1.89 bits per heavy atom. The monoisotopic (exact) mass is 415 g/mol. The Hall–Kier alpha value is -2.09. The Kier molecular flexibility index (Phi) is 11.4. The molecule has 4 N–H and O–H groups in total. The standard InChI is InChI=1S/C18H25N5O2.2ClH/c1-13(2)17(19)18(25)22-10-16(24)21-9-14-4-3-5-15(8-14)11-23-7-6-20-12-23;;/h3-8,12-13,17H,9-11,19H2,1-2H3,(H,21,24)(H,22,25);2*1H/t17-;;/m0../s1. The molecular weight excluding hydrogens is 389 g/mol. The number of amides is 2. The largest absolute Gasteiger partial charge is 0.350 e. The number of nitrogens with zero attached hydrogens (tertiary/aromatic N) is 2. The van der Waals surface area contributed by atoms with Crippen LogP contribution in [-0.4, -0.2) is 34.0 Å². The molecule has 0 spiro atoms. The first kappa shape index (κ1) is 24.9. The van der Waals surface area contributed by atoms with Gasteiger partial charge in [0.05, 0.1) is 18.9 Å². The van der Waals surface area contributed by atoms with Crippen LogP contribution in [0.15, 0.2) is 43.0 Å². The van der Waals surface area contributed by atoms with Crippen molar-refractivity contribution >= 4 is 36.6 Å². The van der Waals surface area contributed by atoms with E-state index in [1.54, 1.807) is 12.5 Å². The highest BCUT2D eigenvalue weighted by molar-refractivity contribution is 5.87. The molecule has 0 aliphatic heterocycles. The third-order valence-corrected chi connectivity index (χ3v) is 3.85. The molecule has 2 rings (SSSR count). The molecule has 1 atom stereocenters. The average molecular weight is 416 g/mol. The second kappa shape index (κ2) is 12.3. The Labute approximate surface area is 171 Å². The first-order valence-corrected chi connectivity index (χ1v) is 8.29. The van der Waals surface area contributed by atoms with Crippen LogP contribution in [0, 0.1) is 5.92 Å². The lowest BCUT2D eigenvalue weighted by Crippen LogP contribution is -2.47. The van der Waals surface area contributed by atoms with Crippen molar-refractivity contribution in [1.82, 2.24) is 20.2 Å². The molecule has 0 bridgehead atoms. The molecule has 0 saturated carbocycles. The molecule has 0 unspecified atom stereocenters. The number of carbonyl (C=O) groups is 2. The summed E-state index contributed by atoms with van der Waals surface area (Å²) in [5, 5.41) is 5.35. The Bertz CT molecular complexity index is 708. The fourth-order valence-electron chi connectivity index (χ4n) is 2.28. The van der Waals surface area contributed by atoms with Gasteiger partial charge < -0.3 is 20.9 Å². The van der Waals surface area contributed by atoms with Gasteiger partial charge in [-0.15, -0.1) is 24.8 Å². The van der Waals surface area contributed by atoms with Crippen LogP contribution in [0.1, 0.15) is 25.0 Å². The van der Waals surface area contributed by atoms with Gasteiger partial charge in [-0.1, -0.05) is 38.1 Å². The van der Waals surface area contributed by atoms with Gasteiger partial charge in [0.15, 0.2) is 0 Å². The highest BCUT2D eigenvalue weighted by Crippen LogP contribution is 2.07. The number of aromatic nitrogens is 2. The maximum absolute atomic E-state index is 11.9. The molecule has 0 saturated heterocycles. The molecule has 1 heterocycles. The minimum atomic E-state index is -0.604. The molecule has 0 aliphatic carbocycles. The number of hydrogen-bond acceptors (Lipinski definition) is 4. The summed E-state index contributed by atoms with van der Waals surface area (Å²) in [5.41, 5.74) is 7.86. The SMILES string of the molecule is CC(C)[C@H](N)C(=O)NCC(=O)NCc1cccc(Cn2ccnc2)c1.Cl.Cl. The van der Waals surface area contributed by atoms with E-state index >= 15 is 0 Å². The number of halogens is 2. The minimum absolute atomic E-state index is 0. The third-order valence-electron chi connectivity index (χ3n) is 3.85. The van der Waals surface area contributed by atoms with Crippen molar-refractivity contribution in [2.75, 3.05) is 6.54 Å². The van der Waals surface area contributed by atoms with E-state index < -0.39 is 6.04 Å². The van der Waals surface area contributed by atoms with Crippen molar-refractivity contribution in [1.29, 1.82) is 0 Å². The molecule has 0 radical (unpaired) electrons. The van der Waals surface area contributed by atoms with E-state index in [9.17, 15) is 9.59 Å². The molecule has 2 aromatic rings. The Morgan fingerprint density at radius 1 is 1.19 bits per heavy atom. The summed E-state index contributed by atoms with van der Waals surface area (Å²) >= 11 is 0. The highest BCUT2D eigenvalue weighted by atomic mass is 35.5. The van der Waals surface area contributed by atoms with E-state index in [0.29, 0.717) is 6.54 Å². The molecule has 1 aromatic heterocycles. The lowest BCUT2D eigenvalue weighted by atomic mass is 10.1. The van der Waals surface area contributed by atoms with E-state index in [4.69, 9.17) is 5.73 Å². The van der Waals surface area contributed by atoms with Crippen molar-refractivity contribution in [3.05, 3.63) is 54.1 Å². The van der Waals surface area contributed by atoms with Crippen LogP contribution in [0.4, 0.5) is 0 Å². The van der Waals surface area contributed by atoms with Crippen molar-refractivity contribution < 1.29 is 9.59 Å². The van der Waals surface area contributed by atoms with E-state index in [0.717, 1.165) is 17.7 Å². The zero-order valence-corrected chi connectivity index (χ0v) is 17.1. The zero-order valence-electron chi connectivity index (χ0n) is 15.4. The molecule has 27 heavy (non-hydrogen) atoms. The molecule has 0 aliphatic rings. The van der Waals surface area contributed by atoms with Crippen LogP contribution in [0.3, 0.4) is 0 Å². The molecule has 7 nitrogen and oxygen atoms in total. The predicted molar refractivity (Wildman–Crippen MR) is 110 cm³/mol. The summed E-state index contributed by atoms with van der Waals surface area (Å²) in [6.07, 6.45) is 5.40. The molecule has 9 heteroatoms. The average Bonchev–Trinajstić information content (AvgIpc) is 3.10. The number of benzene rings is 1. The predicted octanol–water partition coefficient (Wildman–Crippen LogP) is 1.49. The van der Waals surface area contributed by atoms with Crippen molar-refractivity contribution in [2.45, 2.75) is 33.0 Å². The summed E-state index contributed by atoms with van der Waals surface area (Å²) in [6.45, 7) is 4.78. The number of carbonyl (C=O) groups excluding carboxylic acids is 2. The lowest BCUT2D eigenvalue weighted by molar-refractivity contribution is -0.127. The summed E-state index contributed by atoms with van der Waals surface area (Å²) in [6, 6.07) is 7.36. The highest BCUT2D eigenvalue weighted by Gasteiger charge is 2.17. The van der Waals surface area contributed by atoms with Gasteiger partial charge in [0.2, 0.25) is 11.8 Å². The smallest absolute Gasteiger partial charge is 0.239 e. The van der Waals surface area contributed by atoms with E-state index in [2.05, 4.69) is 15.6 Å². The fourth-order valence-corrected chi connectivity index (χ4v) is 2.28. The second-order valence-electron chi connectivity index (χ2n) is 6.32. The second-order valence-corrected chi connectivity index (χ2v) is 6.32. The summed E-state index contributed by atoms with van der Waals surface area (Å²) in [7, 11) is 0. The molecule has 150 valence electrons. The van der Waals surface area contributed by atoms with Crippen LogP contribution >= 0.6 is 24.8 Å². The maximum atomic E-state index is 11.9. The van der Waals surface area contributed by atoms with Gasteiger partial charge in [-0.2, -0.15) is 0 Å². The van der Waals surface area contributed by atoms with Gasteiger partial charge in [-0.25, -0.2) is 4.98 Å². The first-order chi connectivity index (χ1) is 12.0. The minimum Gasteiger partial charge on any atom is -0.350 e. The van der Waals surface area contributed by atoms with Crippen molar-refractivity contribution in [3.63, 3.8) is 0 Å². The van der Waals surface area contributed by atoms with Crippen LogP contribution in [-0.2, 0) is 22.7 Å². The Morgan fingerprint density at radius 3 is 2.52 bits per heavy atom. The van der Waals surface area contributed by atoms with Crippen LogP contribution in [0.25, 0.3) is 0 Å². The van der Waals surface area contributed by atoms with Crippen molar-refractivity contribution in [2.24, 2.45) is 11.7 Å². The molecule has 2 amide bonds. The Balaban J connectivity index is 0.00000338. The van der Waals surface area contributed by atoms with Gasteiger partial charge in [0.25, 0.3) is 0 Å². The van der Waals surface area contributed by atoms with Gasteiger partial charge >= 0.3 is 0 Å². The molecule has 0 fully saturated rings. The quantitative estimate of drug-likeness (QED) is 0.607. The fraction of sp³-hybridized carbons (Fsp3) is 0.389. The van der Waals surface area contributed by atoms with E-state index in [-0.39, 0.29) is 49.1 Å². The van der Waals surface area contributed by atoms with Gasteiger partial charge in [-0.05, 0) is 17.0 Å². The number of nitrogens with two attached hydrogens (primary N) is 1. The maximum Gasteiger partial charge on any atom is 0.239 e. The van der Waals surface area contributed by atoms with E-state index in [1.165, 1.54) is 0 Å². The van der Waals surface area contributed by atoms with Gasteiger partial charge in [-0.3, -0.25) is 9.59 Å². The summed E-state index contributed by atoms with van der Waals surface area (Å²) in [4.78, 5) is 27.6. The normalized spacial score (nSPS) is 11.1. The van der Waals surface area contributed by atoms with Crippen molar-refractivity contribution in [3.8, 4) is 0 Å². The van der Waals surface area contributed by atoms with Crippen LogP contribution in [0.2, 0.25) is 0 Å². The number of nitrogens with one attached hydrogen (secondary N) is 2. The van der Waals surface area contributed by atoms with Gasteiger partial charge in [0, 0.05) is 25.5 Å². The molecular formula is C18H27Cl2N5O2.